The summed E-state index contributed by atoms with van der Waals surface area (Å²) in [6.07, 6.45) is 4.54. The number of likely N-dealkylation sites (tertiary alicyclic amines) is 2. The second-order valence-electron chi connectivity index (χ2n) is 22.9. The predicted molar refractivity (Wildman–Crippen MR) is 350 cm³/mol. The molecule has 0 aliphatic carbocycles. The molecule has 92 heavy (non-hydrogen) atoms. The number of isocyanates is 1. The van der Waals surface area contributed by atoms with Crippen LogP contribution in [-0.4, -0.2) is 147 Å². The zero-order valence-electron chi connectivity index (χ0n) is 51.0. The first-order chi connectivity index (χ1) is 44.3. The standard InChI is InChI=1S/C34H34Cl2FN5O4.C31H29Cl2FN4O3.C3H5NO/c1-3-38-33(45)41-14-12-40(13-15-41)32(44)34(46-24-8-4-21(2)5-9-24)18-30(43)42(20-22-6-11-27(36)28(37)16-22)31(34)26-19-39-29-17-23(35)7-10-25(26)29;1-19-2-6-22(7-3-19)41-31(30(40)37-12-10-35-11-13-37)16-28(39)38(18-20-4-9-25(33)26(34)14-20)29(31)24-17-36-27-15-21(32)5-8-23(24)27;1-2-4-3-5/h4-11,16-17,19,31,39H,3,12-15,18,20H2,1-2H3,(H,38,45);2-9,14-15,17,29,35-36H,10-13,16,18H2,1H3;2H2,1H3/t31-,34-;;/m0../s1. The van der Waals surface area contributed by atoms with Crippen LogP contribution in [0.2, 0.25) is 20.1 Å². The lowest BCUT2D eigenvalue weighted by Gasteiger charge is -2.42. The summed E-state index contributed by atoms with van der Waals surface area (Å²) in [7, 11) is 0. The number of aromatic amines is 2. The molecule has 0 radical (unpaired) electrons. The van der Waals surface area contributed by atoms with Gasteiger partial charge in [-0.3, -0.25) is 19.2 Å². The number of urea groups is 1. The van der Waals surface area contributed by atoms with Gasteiger partial charge in [0.2, 0.25) is 29.1 Å². The highest BCUT2D eigenvalue weighted by molar-refractivity contribution is 6.32. The summed E-state index contributed by atoms with van der Waals surface area (Å²) in [5, 5.41) is 8.72. The number of hydrogen-bond donors (Lipinski definition) is 4. The SMILES string of the molecule is CCN=C=O.CCNC(=O)N1CCN(C(=O)[C@]2(Oc3ccc(C)cc3)CC(=O)N(Cc3ccc(Cl)c(F)c3)[C@H]2c2c[nH]c3cc(Cl)ccc23)CC1.Cc1ccc(OC2(C(=O)N3CCNCC3)CC(=O)N(Cc3ccc(Cl)c(F)c3)C2c2c[nH]c3cc(Cl)ccc23)cc1. The summed E-state index contributed by atoms with van der Waals surface area (Å²) in [5.41, 5.74) is 2.71. The molecule has 6 heterocycles. The minimum atomic E-state index is -1.69. The minimum Gasteiger partial charge on any atom is -0.474 e. The first-order valence-corrected chi connectivity index (χ1v) is 31.6. The van der Waals surface area contributed by atoms with Gasteiger partial charge in [-0.25, -0.2) is 23.4 Å². The van der Waals surface area contributed by atoms with Crippen LogP contribution in [0, 0.1) is 25.5 Å². The molecule has 4 N–H and O–H groups in total. The number of amides is 6. The van der Waals surface area contributed by atoms with Gasteiger partial charge in [0.1, 0.15) is 35.2 Å². The van der Waals surface area contributed by atoms with E-state index >= 15 is 0 Å². The largest absolute Gasteiger partial charge is 0.474 e. The maximum Gasteiger partial charge on any atom is 0.317 e. The molecule has 8 aromatic rings. The average Bonchev–Trinajstić information content (AvgIpc) is 1.58. The maximum absolute atomic E-state index is 14.9. The highest BCUT2D eigenvalue weighted by Crippen LogP contribution is 2.51. The fraction of sp³-hybridized carbons (Fsp3) is 0.324. The second-order valence-corrected chi connectivity index (χ2v) is 24.6. The van der Waals surface area contributed by atoms with Crippen LogP contribution in [0.25, 0.3) is 21.8 Å². The van der Waals surface area contributed by atoms with Crippen LogP contribution in [-0.2, 0) is 37.1 Å². The van der Waals surface area contributed by atoms with Crippen LogP contribution in [0.5, 0.6) is 11.5 Å². The Balaban J connectivity index is 0.000000189. The van der Waals surface area contributed by atoms with Gasteiger partial charge < -0.3 is 54.6 Å². The van der Waals surface area contributed by atoms with Crippen molar-refractivity contribution in [1.29, 1.82) is 0 Å². The summed E-state index contributed by atoms with van der Waals surface area (Å²) in [5.74, 6) is -1.49. The van der Waals surface area contributed by atoms with Gasteiger partial charge in [0.25, 0.3) is 11.8 Å². The fourth-order valence-electron chi connectivity index (χ4n) is 12.3. The third-order valence-corrected chi connectivity index (χ3v) is 17.8. The number of rotatable bonds is 14. The maximum atomic E-state index is 14.9. The lowest BCUT2D eigenvalue weighted by molar-refractivity contribution is -0.152. The molecule has 2 aromatic heterocycles. The van der Waals surface area contributed by atoms with Crippen molar-refractivity contribution >= 4 is 104 Å². The van der Waals surface area contributed by atoms with E-state index in [4.69, 9.17) is 60.7 Å². The van der Waals surface area contributed by atoms with Gasteiger partial charge in [0.15, 0.2) is 0 Å². The monoisotopic (exact) mass is 1330 g/mol. The van der Waals surface area contributed by atoms with Crippen LogP contribution >= 0.6 is 46.4 Å². The summed E-state index contributed by atoms with van der Waals surface area (Å²) < 4.78 is 42.5. The number of carbonyl (C=O) groups is 5. The van der Waals surface area contributed by atoms with E-state index in [0.717, 1.165) is 32.9 Å². The molecule has 2 unspecified atom stereocenters. The van der Waals surface area contributed by atoms with Crippen molar-refractivity contribution in [2.45, 2.75) is 76.9 Å². The number of carbonyl (C=O) groups excluding carboxylic acids is 6. The van der Waals surface area contributed by atoms with Gasteiger partial charge in [-0.1, -0.05) is 106 Å². The Morgan fingerprint density at radius 1 is 0.598 bits per heavy atom. The first kappa shape index (κ1) is 66.4. The van der Waals surface area contributed by atoms with E-state index in [1.54, 1.807) is 92.3 Å². The smallest absolute Gasteiger partial charge is 0.317 e. The van der Waals surface area contributed by atoms with E-state index in [-0.39, 0.29) is 78.7 Å². The van der Waals surface area contributed by atoms with Gasteiger partial charge >= 0.3 is 6.03 Å². The summed E-state index contributed by atoms with van der Waals surface area (Å²) in [6, 6.07) is 32.6. The molecule has 12 rings (SSSR count). The van der Waals surface area contributed by atoms with Crippen LogP contribution in [0.3, 0.4) is 0 Å². The molecule has 4 saturated heterocycles. The highest BCUT2D eigenvalue weighted by Gasteiger charge is 2.63. The molecular weight excluding hydrogens is 1260 g/mol. The number of aryl methyl sites for hydroxylation is 2. The number of aliphatic imine (C=N–C) groups is 1. The number of piperazine rings is 2. The highest BCUT2D eigenvalue weighted by atomic mass is 35.5. The van der Waals surface area contributed by atoms with Crippen molar-refractivity contribution in [2.75, 3.05) is 65.4 Å². The van der Waals surface area contributed by atoms with Crippen molar-refractivity contribution in [1.82, 2.24) is 45.1 Å². The molecule has 0 saturated carbocycles. The number of fused-ring (bicyclic) bond motifs is 2. The zero-order valence-corrected chi connectivity index (χ0v) is 54.0. The Morgan fingerprint density at radius 2 is 1.02 bits per heavy atom. The molecule has 6 aromatic carbocycles. The zero-order chi connectivity index (χ0) is 65.4. The van der Waals surface area contributed by atoms with Gasteiger partial charge in [0.05, 0.1) is 22.9 Å². The van der Waals surface area contributed by atoms with E-state index < -0.39 is 34.9 Å². The molecule has 4 aliphatic rings. The third kappa shape index (κ3) is 14.3. The van der Waals surface area contributed by atoms with E-state index in [1.165, 1.54) is 30.3 Å². The lowest BCUT2D eigenvalue weighted by atomic mass is 9.86. The lowest BCUT2D eigenvalue weighted by Crippen LogP contribution is -2.61. The first-order valence-electron chi connectivity index (χ1n) is 30.1. The van der Waals surface area contributed by atoms with Crippen molar-refractivity contribution < 1.29 is 47.0 Å². The number of ether oxygens (including phenoxy) is 2. The van der Waals surface area contributed by atoms with Gasteiger partial charge in [-0.2, -0.15) is 0 Å². The topological polar surface area (TPSA) is 205 Å². The van der Waals surface area contributed by atoms with Gasteiger partial charge in [0, 0.05) is 134 Å². The Kier molecular flexibility index (Phi) is 20.9. The van der Waals surface area contributed by atoms with E-state index in [9.17, 15) is 32.8 Å². The van der Waals surface area contributed by atoms with Crippen molar-refractivity contribution in [2.24, 2.45) is 4.99 Å². The van der Waals surface area contributed by atoms with E-state index in [0.29, 0.717) is 96.2 Å². The molecule has 24 heteroatoms. The molecule has 4 fully saturated rings. The molecule has 480 valence electrons. The van der Waals surface area contributed by atoms with Crippen molar-refractivity contribution in [3.63, 3.8) is 0 Å². The van der Waals surface area contributed by atoms with Crippen molar-refractivity contribution in [3.8, 4) is 11.5 Å². The molecule has 6 amide bonds. The van der Waals surface area contributed by atoms with Gasteiger partial charge in [-0.05, 0) is 112 Å². The molecule has 4 atom stereocenters. The summed E-state index contributed by atoms with van der Waals surface area (Å²) in [6.45, 7) is 12.1. The fourth-order valence-corrected chi connectivity index (χ4v) is 12.9. The minimum absolute atomic E-state index is 0.00232. The molecular formula is C68H68Cl4F2N10O8. The van der Waals surface area contributed by atoms with E-state index in [2.05, 4.69) is 25.6 Å². The Bertz CT molecular complexity index is 4080. The quantitative estimate of drug-likeness (QED) is 0.0603. The molecule has 0 spiro atoms. The second kappa shape index (κ2) is 29.0. The number of halogens is 6. The van der Waals surface area contributed by atoms with E-state index in [1.807, 2.05) is 69.3 Å². The molecule has 18 nitrogen and oxygen atoms in total. The average molecular weight is 1330 g/mol. The predicted octanol–water partition coefficient (Wildman–Crippen LogP) is 12.1. The number of aromatic nitrogens is 2. The summed E-state index contributed by atoms with van der Waals surface area (Å²) in [4.78, 5) is 97.3. The number of hydrogen-bond acceptors (Lipinski definition) is 10. The Morgan fingerprint density at radius 3 is 1.41 bits per heavy atom. The number of nitrogens with zero attached hydrogens (tertiary/aromatic N) is 6. The summed E-state index contributed by atoms with van der Waals surface area (Å²) >= 11 is 24.5. The van der Waals surface area contributed by atoms with Crippen LogP contribution in [0.1, 0.15) is 72.2 Å². The van der Waals surface area contributed by atoms with Crippen LogP contribution in [0.4, 0.5) is 13.6 Å². The number of benzene rings is 6. The third-order valence-electron chi connectivity index (χ3n) is 16.8. The van der Waals surface area contributed by atoms with Crippen LogP contribution < -0.4 is 20.1 Å². The Hall–Kier alpha value is -8.49. The molecule has 4 aliphatic heterocycles. The van der Waals surface area contributed by atoms with Crippen LogP contribution in [0.15, 0.2) is 139 Å². The van der Waals surface area contributed by atoms with Crippen molar-refractivity contribution in [3.05, 3.63) is 199 Å². The Labute approximate surface area is 550 Å². The number of H-pyrrole nitrogens is 2. The van der Waals surface area contributed by atoms with Gasteiger partial charge in [-0.15, -0.1) is 0 Å². The normalized spacial score (nSPS) is 19.7. The molecule has 0 bridgehead atoms. The number of nitrogens with one attached hydrogen (secondary N) is 4.